The van der Waals surface area contributed by atoms with Crippen molar-refractivity contribution >= 4 is 0 Å². The molecule has 0 heterocycles. The molecule has 4 aliphatic rings. The first-order chi connectivity index (χ1) is 13.0. The van der Waals surface area contributed by atoms with Crippen LogP contribution < -0.4 is 0 Å². The fourth-order valence-electron chi connectivity index (χ4n) is 8.22. The molecule has 0 bridgehead atoms. The highest BCUT2D eigenvalue weighted by molar-refractivity contribution is 5.21. The zero-order chi connectivity index (χ0) is 20.3. The van der Waals surface area contributed by atoms with Gasteiger partial charge in [-0.15, -0.1) is 0 Å². The smallest absolute Gasteiger partial charge is 0.0657 e. The first-order valence-electron chi connectivity index (χ1n) is 12.1. The van der Waals surface area contributed by atoms with Gasteiger partial charge in [0.05, 0.1) is 11.2 Å². The van der Waals surface area contributed by atoms with E-state index in [1.165, 1.54) is 38.5 Å². The Bertz CT molecular complexity index is 612. The van der Waals surface area contributed by atoms with Crippen LogP contribution in [0.2, 0.25) is 0 Å². The molecule has 3 fully saturated rings. The molecule has 0 spiro atoms. The van der Waals surface area contributed by atoms with Crippen molar-refractivity contribution in [1.29, 1.82) is 0 Å². The largest absolute Gasteiger partial charge is 0.390 e. The fourth-order valence-corrected chi connectivity index (χ4v) is 8.22. The lowest BCUT2D eigenvalue weighted by Gasteiger charge is -2.55. The van der Waals surface area contributed by atoms with Gasteiger partial charge in [0.1, 0.15) is 0 Å². The summed E-state index contributed by atoms with van der Waals surface area (Å²) < 4.78 is 0. The lowest BCUT2D eigenvalue weighted by molar-refractivity contribution is -0.0422. The molecular formula is C26H44O2. The monoisotopic (exact) mass is 388 g/mol. The minimum Gasteiger partial charge on any atom is -0.390 e. The highest BCUT2D eigenvalue weighted by atomic mass is 16.3. The van der Waals surface area contributed by atoms with Crippen molar-refractivity contribution in [2.75, 3.05) is 0 Å². The molecule has 8 atom stereocenters. The number of fused-ring (bicyclic) bond motifs is 5. The maximum absolute atomic E-state index is 10.5. The summed E-state index contributed by atoms with van der Waals surface area (Å²) in [6, 6.07) is 0. The van der Waals surface area contributed by atoms with Gasteiger partial charge in [-0.2, -0.15) is 0 Å². The van der Waals surface area contributed by atoms with E-state index in [1.54, 1.807) is 5.57 Å². The van der Waals surface area contributed by atoms with E-state index >= 15 is 0 Å². The molecule has 0 aliphatic heterocycles. The summed E-state index contributed by atoms with van der Waals surface area (Å²) in [5.74, 6) is 4.95. The number of hydrogen-bond donors (Lipinski definition) is 2. The summed E-state index contributed by atoms with van der Waals surface area (Å²) in [5.41, 5.74) is 1.10. The van der Waals surface area contributed by atoms with E-state index in [1.807, 2.05) is 20.8 Å². The molecule has 3 saturated carbocycles. The van der Waals surface area contributed by atoms with E-state index in [0.717, 1.165) is 61.2 Å². The topological polar surface area (TPSA) is 40.5 Å². The summed E-state index contributed by atoms with van der Waals surface area (Å²) in [6.45, 7) is 11.0. The zero-order valence-corrected chi connectivity index (χ0v) is 19.0. The molecule has 0 aromatic carbocycles. The van der Waals surface area contributed by atoms with E-state index in [4.69, 9.17) is 0 Å². The van der Waals surface area contributed by atoms with Crippen LogP contribution >= 0.6 is 0 Å². The van der Waals surface area contributed by atoms with Crippen LogP contribution in [0.1, 0.15) is 98.8 Å². The maximum Gasteiger partial charge on any atom is 0.0657 e. The number of allylic oxidation sites excluding steroid dienone is 1. The number of rotatable bonds is 4. The average Bonchev–Trinajstić information content (AvgIpc) is 2.95. The van der Waals surface area contributed by atoms with Gasteiger partial charge >= 0.3 is 0 Å². The van der Waals surface area contributed by atoms with Gasteiger partial charge in [0.2, 0.25) is 0 Å². The predicted octanol–water partition coefficient (Wildman–Crippen LogP) is 6.11. The molecule has 0 amide bonds. The average molecular weight is 389 g/mol. The summed E-state index contributed by atoms with van der Waals surface area (Å²) in [4.78, 5) is 0. The van der Waals surface area contributed by atoms with Crippen molar-refractivity contribution in [1.82, 2.24) is 0 Å². The van der Waals surface area contributed by atoms with E-state index in [-0.39, 0.29) is 0 Å². The minimum absolute atomic E-state index is 0.466. The molecule has 2 N–H and O–H groups in total. The van der Waals surface area contributed by atoms with Gasteiger partial charge < -0.3 is 10.2 Å². The molecule has 160 valence electrons. The lowest BCUT2D eigenvalue weighted by Crippen LogP contribution is -2.48. The van der Waals surface area contributed by atoms with Crippen molar-refractivity contribution in [3.8, 4) is 0 Å². The Hall–Kier alpha value is -0.340. The highest BCUT2D eigenvalue weighted by Crippen LogP contribution is 2.65. The second-order valence-electron chi connectivity index (χ2n) is 12.3. The standard InChI is InChI=1S/C26H44O2/c1-17(10-13-24(2,3)27)22-8-9-23-21-7-6-18-16-25(4,28)14-11-19(18)20(21)12-15-26(22,23)5/h6,17,19-23,27-28H,7-16H2,1-5H3/t17?,19-,20?,21?,22+,23?,25-,26+/m0/s1. The van der Waals surface area contributed by atoms with Crippen LogP contribution in [0.5, 0.6) is 0 Å². The number of aliphatic hydroxyl groups is 2. The third-order valence-corrected chi connectivity index (χ3v) is 9.69. The Morgan fingerprint density at radius 1 is 1.11 bits per heavy atom. The van der Waals surface area contributed by atoms with Crippen LogP contribution in [-0.4, -0.2) is 21.4 Å². The van der Waals surface area contributed by atoms with Gasteiger partial charge in [-0.05, 0) is 126 Å². The third-order valence-electron chi connectivity index (χ3n) is 9.69. The van der Waals surface area contributed by atoms with Crippen LogP contribution in [0, 0.1) is 40.9 Å². The molecule has 4 rings (SSSR count). The molecule has 0 radical (unpaired) electrons. The molecule has 0 saturated heterocycles. The second-order valence-corrected chi connectivity index (χ2v) is 12.3. The van der Waals surface area contributed by atoms with Gasteiger partial charge in [-0.3, -0.25) is 0 Å². The highest BCUT2D eigenvalue weighted by Gasteiger charge is 2.56. The van der Waals surface area contributed by atoms with Crippen molar-refractivity contribution in [3.63, 3.8) is 0 Å². The zero-order valence-electron chi connectivity index (χ0n) is 19.0. The van der Waals surface area contributed by atoms with Crippen molar-refractivity contribution < 1.29 is 10.2 Å². The molecule has 0 aromatic heterocycles. The van der Waals surface area contributed by atoms with E-state index in [9.17, 15) is 10.2 Å². The Labute approximate surface area is 173 Å². The van der Waals surface area contributed by atoms with Gasteiger partial charge in [0, 0.05) is 0 Å². The molecule has 4 unspecified atom stereocenters. The first-order valence-corrected chi connectivity index (χ1v) is 12.1. The molecule has 4 aliphatic carbocycles. The predicted molar refractivity (Wildman–Crippen MR) is 116 cm³/mol. The fraction of sp³-hybridized carbons (Fsp3) is 0.923. The van der Waals surface area contributed by atoms with Crippen LogP contribution in [0.15, 0.2) is 11.6 Å². The van der Waals surface area contributed by atoms with Crippen molar-refractivity contribution in [2.24, 2.45) is 40.9 Å². The summed E-state index contributed by atoms with van der Waals surface area (Å²) in [6.07, 6.45) is 14.6. The first kappa shape index (κ1) is 20.9. The Morgan fingerprint density at radius 3 is 2.57 bits per heavy atom. The van der Waals surface area contributed by atoms with Gasteiger partial charge in [-0.25, -0.2) is 0 Å². The minimum atomic E-state index is -0.530. The molecular weight excluding hydrogens is 344 g/mol. The summed E-state index contributed by atoms with van der Waals surface area (Å²) >= 11 is 0. The van der Waals surface area contributed by atoms with E-state index in [2.05, 4.69) is 19.9 Å². The van der Waals surface area contributed by atoms with Crippen LogP contribution in [0.4, 0.5) is 0 Å². The Kier molecular flexibility index (Phi) is 5.32. The maximum atomic E-state index is 10.5. The quantitative estimate of drug-likeness (QED) is 0.570. The van der Waals surface area contributed by atoms with E-state index in [0.29, 0.717) is 5.41 Å². The van der Waals surface area contributed by atoms with Crippen LogP contribution in [0.25, 0.3) is 0 Å². The summed E-state index contributed by atoms with van der Waals surface area (Å²) in [7, 11) is 0. The molecule has 2 heteroatoms. The normalized spacial score (nSPS) is 47.0. The van der Waals surface area contributed by atoms with Crippen molar-refractivity contribution in [3.05, 3.63) is 11.6 Å². The number of hydrogen-bond acceptors (Lipinski definition) is 2. The molecule has 2 nitrogen and oxygen atoms in total. The van der Waals surface area contributed by atoms with Gasteiger partial charge in [0.15, 0.2) is 0 Å². The van der Waals surface area contributed by atoms with Crippen LogP contribution in [-0.2, 0) is 0 Å². The van der Waals surface area contributed by atoms with Gasteiger partial charge in [0.25, 0.3) is 0 Å². The molecule has 0 aromatic rings. The van der Waals surface area contributed by atoms with Gasteiger partial charge in [-0.1, -0.05) is 25.5 Å². The summed E-state index contributed by atoms with van der Waals surface area (Å²) in [5, 5.41) is 20.7. The Balaban J connectivity index is 1.48. The Morgan fingerprint density at radius 2 is 1.86 bits per heavy atom. The van der Waals surface area contributed by atoms with Crippen molar-refractivity contribution in [2.45, 2.75) is 110 Å². The lowest BCUT2D eigenvalue weighted by atomic mass is 9.50. The van der Waals surface area contributed by atoms with Crippen LogP contribution in [0.3, 0.4) is 0 Å². The molecule has 28 heavy (non-hydrogen) atoms. The third kappa shape index (κ3) is 3.73. The second kappa shape index (κ2) is 7.12. The van der Waals surface area contributed by atoms with E-state index < -0.39 is 11.2 Å². The SMILES string of the molecule is CC(CCC(C)(C)O)[C@H]1CCC2C3CC=C4C[C@@](C)(O)CC[C@@H]4C3CC[C@@]21C.